The summed E-state index contributed by atoms with van der Waals surface area (Å²) in [4.78, 5) is 10.5. The fourth-order valence-electron chi connectivity index (χ4n) is 0.629. The van der Waals surface area contributed by atoms with Gasteiger partial charge in [-0.1, -0.05) is 22.4 Å². The molecule has 0 radical (unpaired) electrons. The Kier molecular flexibility index (Phi) is 6.96. The monoisotopic (exact) mass is 208 g/mol. The van der Waals surface area contributed by atoms with Gasteiger partial charge in [-0.25, -0.2) is 5.84 Å². The van der Waals surface area contributed by atoms with E-state index >= 15 is 0 Å². The summed E-state index contributed by atoms with van der Waals surface area (Å²) in [5, 5.41) is 1.01. The van der Waals surface area contributed by atoms with Gasteiger partial charge in [0.05, 0.1) is 0 Å². The Bertz CT molecular complexity index is 97.7. The van der Waals surface area contributed by atoms with Crippen LogP contribution in [0, 0.1) is 0 Å². The second-order valence-corrected chi connectivity index (χ2v) is 2.86. The van der Waals surface area contributed by atoms with Gasteiger partial charge in [0.2, 0.25) is 5.91 Å². The number of alkyl halides is 1. The van der Waals surface area contributed by atoms with Crippen LogP contribution in [0.25, 0.3) is 0 Å². The highest BCUT2D eigenvalue weighted by molar-refractivity contribution is 9.09. The number of amides is 1. The van der Waals surface area contributed by atoms with Gasteiger partial charge in [-0.05, 0) is 12.8 Å². The van der Waals surface area contributed by atoms with Crippen LogP contribution < -0.4 is 11.3 Å². The lowest BCUT2D eigenvalue weighted by molar-refractivity contribution is -0.121. The SMILES string of the molecule is NNC(=O)CCCCCBr. The summed E-state index contributed by atoms with van der Waals surface area (Å²) in [7, 11) is 0. The molecule has 3 nitrogen and oxygen atoms in total. The first kappa shape index (κ1) is 9.91. The molecule has 0 unspecified atom stereocenters. The minimum Gasteiger partial charge on any atom is -0.294 e. The van der Waals surface area contributed by atoms with E-state index in [-0.39, 0.29) is 5.91 Å². The van der Waals surface area contributed by atoms with Crippen LogP contribution in [0.4, 0.5) is 0 Å². The van der Waals surface area contributed by atoms with Crippen molar-refractivity contribution in [2.45, 2.75) is 25.7 Å². The number of hydrogen-bond donors (Lipinski definition) is 2. The lowest BCUT2D eigenvalue weighted by atomic mass is 10.2. The van der Waals surface area contributed by atoms with Crippen LogP contribution in [0.2, 0.25) is 0 Å². The van der Waals surface area contributed by atoms with Crippen LogP contribution in [-0.4, -0.2) is 11.2 Å². The van der Waals surface area contributed by atoms with Gasteiger partial charge in [0, 0.05) is 11.8 Å². The Labute approximate surface area is 69.5 Å². The third-order valence-corrected chi connectivity index (χ3v) is 1.76. The Balaban J connectivity index is 2.96. The lowest BCUT2D eigenvalue weighted by Crippen LogP contribution is -2.29. The number of nitrogens with two attached hydrogens (primary N) is 1. The molecule has 0 aromatic rings. The van der Waals surface area contributed by atoms with Crippen molar-refractivity contribution in [1.82, 2.24) is 5.43 Å². The molecular formula is C6H13BrN2O. The molecule has 3 N–H and O–H groups in total. The Morgan fingerprint density at radius 2 is 2.10 bits per heavy atom. The highest BCUT2D eigenvalue weighted by Crippen LogP contribution is 2.00. The van der Waals surface area contributed by atoms with Gasteiger partial charge in [0.25, 0.3) is 0 Å². The zero-order chi connectivity index (χ0) is 7.82. The van der Waals surface area contributed by atoms with E-state index in [0.717, 1.165) is 24.6 Å². The summed E-state index contributed by atoms with van der Waals surface area (Å²) in [6.45, 7) is 0. The van der Waals surface area contributed by atoms with Gasteiger partial charge in [0.15, 0.2) is 0 Å². The number of nitrogens with one attached hydrogen (secondary N) is 1. The predicted octanol–water partition coefficient (Wildman–Crippen LogP) is 0.932. The maximum atomic E-state index is 10.5. The second-order valence-electron chi connectivity index (χ2n) is 2.07. The summed E-state index contributed by atoms with van der Waals surface area (Å²) >= 11 is 3.31. The second kappa shape index (κ2) is 7.02. The number of unbranched alkanes of at least 4 members (excludes halogenated alkanes) is 2. The van der Waals surface area contributed by atoms with Gasteiger partial charge in [-0.15, -0.1) is 0 Å². The number of hydrazine groups is 1. The van der Waals surface area contributed by atoms with Gasteiger partial charge < -0.3 is 0 Å². The van der Waals surface area contributed by atoms with Crippen LogP contribution in [0.1, 0.15) is 25.7 Å². The van der Waals surface area contributed by atoms with Gasteiger partial charge in [0.1, 0.15) is 0 Å². The van der Waals surface area contributed by atoms with E-state index < -0.39 is 0 Å². The standard InChI is InChI=1S/C6H13BrN2O/c7-5-3-1-2-4-6(10)9-8/h1-5,8H2,(H,9,10). The smallest absolute Gasteiger partial charge is 0.233 e. The normalized spacial score (nSPS) is 9.40. The molecule has 60 valence electrons. The average Bonchev–Trinajstić information content (AvgIpc) is 1.98. The number of hydrogen-bond acceptors (Lipinski definition) is 2. The molecular weight excluding hydrogens is 196 g/mol. The van der Waals surface area contributed by atoms with Crippen LogP contribution >= 0.6 is 15.9 Å². The quantitative estimate of drug-likeness (QED) is 0.232. The van der Waals surface area contributed by atoms with Gasteiger partial charge in [-0.2, -0.15) is 0 Å². The highest BCUT2D eigenvalue weighted by Gasteiger charge is 1.95. The van der Waals surface area contributed by atoms with Crippen LogP contribution in [0.15, 0.2) is 0 Å². The fourth-order valence-corrected chi connectivity index (χ4v) is 1.03. The van der Waals surface area contributed by atoms with Crippen molar-refractivity contribution < 1.29 is 4.79 Å². The summed E-state index contributed by atoms with van der Waals surface area (Å²) in [6, 6.07) is 0. The molecule has 10 heavy (non-hydrogen) atoms. The molecule has 0 bridgehead atoms. The Hall–Kier alpha value is -0.0900. The molecule has 0 atom stereocenters. The zero-order valence-corrected chi connectivity index (χ0v) is 7.49. The summed E-state index contributed by atoms with van der Waals surface area (Å²) in [6.07, 6.45) is 3.68. The first-order valence-electron chi connectivity index (χ1n) is 3.36. The van der Waals surface area contributed by atoms with Crippen molar-refractivity contribution in [2.24, 2.45) is 5.84 Å². The third kappa shape index (κ3) is 6.04. The summed E-state index contributed by atoms with van der Waals surface area (Å²) < 4.78 is 0. The van der Waals surface area contributed by atoms with E-state index in [2.05, 4.69) is 21.4 Å². The number of carbonyl (C=O) groups excluding carboxylic acids is 1. The van der Waals surface area contributed by atoms with Crippen molar-refractivity contribution in [3.8, 4) is 0 Å². The van der Waals surface area contributed by atoms with Crippen molar-refractivity contribution in [3.63, 3.8) is 0 Å². The first-order valence-corrected chi connectivity index (χ1v) is 4.49. The zero-order valence-electron chi connectivity index (χ0n) is 5.90. The van der Waals surface area contributed by atoms with Crippen molar-refractivity contribution >= 4 is 21.8 Å². The first-order chi connectivity index (χ1) is 4.81. The van der Waals surface area contributed by atoms with E-state index in [9.17, 15) is 4.79 Å². The predicted molar refractivity (Wildman–Crippen MR) is 44.6 cm³/mol. The molecule has 0 fully saturated rings. The lowest BCUT2D eigenvalue weighted by Gasteiger charge is -1.97. The summed E-state index contributed by atoms with van der Waals surface area (Å²) in [5.41, 5.74) is 2.09. The average molecular weight is 209 g/mol. The number of carbonyl (C=O) groups is 1. The molecule has 0 aromatic carbocycles. The van der Waals surface area contributed by atoms with Crippen LogP contribution in [-0.2, 0) is 4.79 Å². The van der Waals surface area contributed by atoms with Crippen molar-refractivity contribution in [3.05, 3.63) is 0 Å². The highest BCUT2D eigenvalue weighted by atomic mass is 79.9. The number of rotatable bonds is 5. The molecule has 0 aliphatic heterocycles. The van der Waals surface area contributed by atoms with Gasteiger partial charge in [-0.3, -0.25) is 10.2 Å². The van der Waals surface area contributed by atoms with Crippen LogP contribution in [0.3, 0.4) is 0 Å². The molecule has 0 aliphatic rings. The van der Waals surface area contributed by atoms with Crippen LogP contribution in [0.5, 0.6) is 0 Å². The third-order valence-electron chi connectivity index (χ3n) is 1.20. The van der Waals surface area contributed by atoms with Crippen molar-refractivity contribution in [1.29, 1.82) is 0 Å². The molecule has 1 amide bonds. The molecule has 0 saturated carbocycles. The van der Waals surface area contributed by atoms with E-state index in [1.54, 1.807) is 0 Å². The van der Waals surface area contributed by atoms with Crippen molar-refractivity contribution in [2.75, 3.05) is 5.33 Å². The number of halogens is 1. The molecule has 0 aliphatic carbocycles. The molecule has 0 heterocycles. The van der Waals surface area contributed by atoms with E-state index in [4.69, 9.17) is 5.84 Å². The molecule has 0 saturated heterocycles. The van der Waals surface area contributed by atoms with Gasteiger partial charge >= 0.3 is 0 Å². The molecule has 0 rings (SSSR count). The molecule has 0 aromatic heterocycles. The summed E-state index contributed by atoms with van der Waals surface area (Å²) in [5.74, 6) is 4.80. The Morgan fingerprint density at radius 1 is 1.40 bits per heavy atom. The minimum atomic E-state index is -0.0745. The largest absolute Gasteiger partial charge is 0.294 e. The van der Waals surface area contributed by atoms with E-state index in [1.165, 1.54) is 0 Å². The minimum absolute atomic E-state index is 0.0745. The fraction of sp³-hybridized carbons (Fsp3) is 0.833. The maximum absolute atomic E-state index is 10.5. The maximum Gasteiger partial charge on any atom is 0.233 e. The molecule has 4 heteroatoms. The molecule has 0 spiro atoms. The van der Waals surface area contributed by atoms with E-state index in [1.807, 2.05) is 0 Å². The topological polar surface area (TPSA) is 55.1 Å². The van der Waals surface area contributed by atoms with E-state index in [0.29, 0.717) is 6.42 Å². The Morgan fingerprint density at radius 3 is 2.60 bits per heavy atom.